The zero-order valence-corrected chi connectivity index (χ0v) is 13.8. The number of hydrogen-bond donors (Lipinski definition) is 1. The lowest BCUT2D eigenvalue weighted by Crippen LogP contribution is -2.43. The van der Waals surface area contributed by atoms with Crippen molar-refractivity contribution in [3.05, 3.63) is 21.4 Å². The molecule has 2 heterocycles. The van der Waals surface area contributed by atoms with Crippen LogP contribution < -0.4 is 5.32 Å². The van der Waals surface area contributed by atoms with Crippen LogP contribution in [-0.2, 0) is 12.8 Å². The highest BCUT2D eigenvalue weighted by molar-refractivity contribution is 7.12. The van der Waals surface area contributed by atoms with Gasteiger partial charge in [0, 0.05) is 28.4 Å². The molecule has 20 heavy (non-hydrogen) atoms. The summed E-state index contributed by atoms with van der Waals surface area (Å²) in [6.45, 7) is 4.74. The van der Waals surface area contributed by atoms with Gasteiger partial charge < -0.3 is 10.2 Å². The third kappa shape index (κ3) is 3.26. The molecule has 1 aromatic heterocycles. The Morgan fingerprint density at radius 3 is 2.95 bits per heavy atom. The number of aryl methyl sites for hydroxylation is 2. The number of piperidine rings is 1. The quantitative estimate of drug-likeness (QED) is 0.909. The maximum absolute atomic E-state index is 3.78. The summed E-state index contributed by atoms with van der Waals surface area (Å²) in [5.41, 5.74) is 1.64. The van der Waals surface area contributed by atoms with E-state index in [1.807, 2.05) is 0 Å². The zero-order chi connectivity index (χ0) is 13.9. The highest BCUT2D eigenvalue weighted by Crippen LogP contribution is 2.32. The van der Waals surface area contributed by atoms with Gasteiger partial charge in [0.2, 0.25) is 0 Å². The molecule has 2 atom stereocenters. The monoisotopic (exact) mass is 292 g/mol. The van der Waals surface area contributed by atoms with Gasteiger partial charge >= 0.3 is 0 Å². The van der Waals surface area contributed by atoms with Crippen LogP contribution in [0.3, 0.4) is 0 Å². The smallest absolute Gasteiger partial charge is 0.0386 e. The molecule has 3 rings (SSSR count). The molecule has 0 saturated carbocycles. The fourth-order valence-electron chi connectivity index (χ4n) is 3.54. The lowest BCUT2D eigenvalue weighted by Gasteiger charge is -2.33. The van der Waals surface area contributed by atoms with E-state index in [-0.39, 0.29) is 0 Å². The zero-order valence-electron chi connectivity index (χ0n) is 13.0. The predicted molar refractivity (Wildman–Crippen MR) is 87.6 cm³/mol. The van der Waals surface area contributed by atoms with Crippen LogP contribution in [0.25, 0.3) is 0 Å². The highest BCUT2D eigenvalue weighted by atomic mass is 32.1. The Hall–Kier alpha value is -0.380. The fourth-order valence-corrected chi connectivity index (χ4v) is 4.83. The van der Waals surface area contributed by atoms with Crippen LogP contribution in [-0.4, -0.2) is 31.1 Å². The summed E-state index contributed by atoms with van der Waals surface area (Å²) < 4.78 is 0. The average molecular weight is 292 g/mol. The summed E-state index contributed by atoms with van der Waals surface area (Å²) in [6.07, 6.45) is 9.54. The molecule has 1 aliphatic carbocycles. The lowest BCUT2D eigenvalue weighted by molar-refractivity contribution is 0.179. The van der Waals surface area contributed by atoms with E-state index in [2.05, 4.69) is 41.6 Å². The third-order valence-corrected chi connectivity index (χ3v) is 6.44. The summed E-state index contributed by atoms with van der Waals surface area (Å²) in [7, 11) is 2.28. The number of hydrogen-bond acceptors (Lipinski definition) is 3. The van der Waals surface area contributed by atoms with Crippen LogP contribution in [0.1, 0.15) is 60.4 Å². The van der Waals surface area contributed by atoms with Crippen LogP contribution in [0.15, 0.2) is 6.07 Å². The number of fused-ring (bicyclic) bond motifs is 1. The molecule has 2 nitrogen and oxygen atoms in total. The molecule has 0 amide bonds. The number of likely N-dealkylation sites (N-methyl/N-ethyl adjacent to an activating group) is 1. The molecule has 0 bridgehead atoms. The van der Waals surface area contributed by atoms with E-state index in [1.54, 1.807) is 15.3 Å². The Morgan fingerprint density at radius 2 is 2.15 bits per heavy atom. The summed E-state index contributed by atoms with van der Waals surface area (Å²) >= 11 is 2.05. The van der Waals surface area contributed by atoms with Gasteiger partial charge in [-0.3, -0.25) is 0 Å². The number of rotatable bonds is 4. The van der Waals surface area contributed by atoms with Gasteiger partial charge in [-0.1, -0.05) is 6.42 Å². The normalized spacial score (nSPS) is 25.4. The fraction of sp³-hybridized carbons (Fsp3) is 0.765. The van der Waals surface area contributed by atoms with Gasteiger partial charge in [-0.05, 0) is 70.7 Å². The van der Waals surface area contributed by atoms with E-state index < -0.39 is 0 Å². The first kappa shape index (κ1) is 14.6. The molecule has 1 fully saturated rings. The Bertz CT molecular complexity index is 417. The Balaban J connectivity index is 1.56. The molecule has 1 N–H and O–H groups in total. The van der Waals surface area contributed by atoms with E-state index in [0.29, 0.717) is 6.04 Å². The Morgan fingerprint density at radius 1 is 1.30 bits per heavy atom. The van der Waals surface area contributed by atoms with Crippen molar-refractivity contribution in [3.8, 4) is 0 Å². The summed E-state index contributed by atoms with van der Waals surface area (Å²) in [6, 6.07) is 3.73. The van der Waals surface area contributed by atoms with Crippen molar-refractivity contribution in [2.75, 3.05) is 20.1 Å². The highest BCUT2D eigenvalue weighted by Gasteiger charge is 2.21. The summed E-state index contributed by atoms with van der Waals surface area (Å²) in [4.78, 5) is 5.74. The first-order valence-electron chi connectivity index (χ1n) is 8.29. The van der Waals surface area contributed by atoms with Gasteiger partial charge in [-0.15, -0.1) is 11.3 Å². The van der Waals surface area contributed by atoms with E-state index >= 15 is 0 Å². The van der Waals surface area contributed by atoms with Gasteiger partial charge in [0.25, 0.3) is 0 Å². The third-order valence-electron chi connectivity index (χ3n) is 5.02. The van der Waals surface area contributed by atoms with Crippen molar-refractivity contribution in [1.29, 1.82) is 0 Å². The second-order valence-electron chi connectivity index (χ2n) is 6.56. The summed E-state index contributed by atoms with van der Waals surface area (Å²) in [5.74, 6) is 0. The first-order valence-corrected chi connectivity index (χ1v) is 9.11. The van der Waals surface area contributed by atoms with Crippen molar-refractivity contribution in [2.24, 2.45) is 0 Å². The Kier molecular flexibility index (Phi) is 4.79. The predicted octanol–water partition coefficient (Wildman–Crippen LogP) is 3.76. The van der Waals surface area contributed by atoms with Crippen molar-refractivity contribution in [1.82, 2.24) is 10.2 Å². The van der Waals surface area contributed by atoms with Gasteiger partial charge in [0.05, 0.1) is 0 Å². The second kappa shape index (κ2) is 6.59. The van der Waals surface area contributed by atoms with Gasteiger partial charge in [0.15, 0.2) is 0 Å². The van der Waals surface area contributed by atoms with Gasteiger partial charge in [-0.25, -0.2) is 0 Å². The van der Waals surface area contributed by atoms with Crippen LogP contribution in [0.5, 0.6) is 0 Å². The molecule has 0 spiro atoms. The standard InChI is InChI=1S/C17H28N2S/c1-13(18-12-15-8-5-6-10-19(15)2)17-11-14-7-3-4-9-16(14)20-17/h11,13,15,18H,3-10,12H2,1-2H3. The van der Waals surface area contributed by atoms with Crippen LogP contribution >= 0.6 is 11.3 Å². The van der Waals surface area contributed by atoms with Crippen LogP contribution in [0, 0.1) is 0 Å². The Labute approximate surface area is 127 Å². The van der Waals surface area contributed by atoms with E-state index in [9.17, 15) is 0 Å². The average Bonchev–Trinajstić information content (AvgIpc) is 2.90. The lowest BCUT2D eigenvalue weighted by atomic mass is 9.99. The van der Waals surface area contributed by atoms with Crippen LogP contribution in [0.4, 0.5) is 0 Å². The SMILES string of the molecule is CC(NCC1CCCCN1C)c1cc2c(s1)CCCC2. The molecular formula is C17H28N2S. The molecule has 0 radical (unpaired) electrons. The number of likely N-dealkylation sites (tertiary alicyclic amines) is 1. The molecule has 0 aromatic carbocycles. The van der Waals surface area contributed by atoms with Gasteiger partial charge in [0.1, 0.15) is 0 Å². The maximum atomic E-state index is 3.78. The van der Waals surface area contributed by atoms with E-state index in [1.165, 1.54) is 51.5 Å². The van der Waals surface area contributed by atoms with E-state index in [4.69, 9.17) is 0 Å². The largest absolute Gasteiger partial charge is 0.308 e. The molecule has 1 aromatic rings. The minimum Gasteiger partial charge on any atom is -0.308 e. The molecule has 1 saturated heterocycles. The molecular weight excluding hydrogens is 264 g/mol. The molecule has 2 aliphatic rings. The minimum absolute atomic E-state index is 0.515. The molecule has 112 valence electrons. The van der Waals surface area contributed by atoms with Gasteiger partial charge in [-0.2, -0.15) is 0 Å². The summed E-state index contributed by atoms with van der Waals surface area (Å²) in [5, 5.41) is 3.78. The van der Waals surface area contributed by atoms with Crippen molar-refractivity contribution in [2.45, 2.75) is 64.0 Å². The first-order chi connectivity index (χ1) is 9.74. The van der Waals surface area contributed by atoms with E-state index in [0.717, 1.165) is 12.6 Å². The minimum atomic E-state index is 0.515. The van der Waals surface area contributed by atoms with Crippen molar-refractivity contribution in [3.63, 3.8) is 0 Å². The van der Waals surface area contributed by atoms with Crippen molar-refractivity contribution < 1.29 is 0 Å². The second-order valence-corrected chi connectivity index (χ2v) is 7.73. The molecule has 1 aliphatic heterocycles. The molecule has 3 heteroatoms. The van der Waals surface area contributed by atoms with Crippen molar-refractivity contribution >= 4 is 11.3 Å². The molecule has 2 unspecified atom stereocenters. The van der Waals surface area contributed by atoms with Crippen LogP contribution in [0.2, 0.25) is 0 Å². The topological polar surface area (TPSA) is 15.3 Å². The maximum Gasteiger partial charge on any atom is 0.0386 e. The number of thiophene rings is 1. The number of nitrogens with zero attached hydrogens (tertiary/aromatic N) is 1. The number of nitrogens with one attached hydrogen (secondary N) is 1.